The summed E-state index contributed by atoms with van der Waals surface area (Å²) in [6, 6.07) is 11.7. The van der Waals surface area contributed by atoms with Gasteiger partial charge in [-0.2, -0.15) is 0 Å². The molecule has 2 aromatic carbocycles. The first-order valence-electron chi connectivity index (χ1n) is 9.92. The van der Waals surface area contributed by atoms with Gasteiger partial charge in [0.2, 0.25) is 5.01 Å². The molecule has 0 saturated heterocycles. The van der Waals surface area contributed by atoms with Crippen molar-refractivity contribution >= 4 is 22.9 Å². The van der Waals surface area contributed by atoms with Gasteiger partial charge in [-0.3, -0.25) is 9.69 Å². The Labute approximate surface area is 177 Å². The number of hydrogen-bond donors (Lipinski definition) is 1. The second-order valence-electron chi connectivity index (χ2n) is 7.38. The number of aryl methyl sites for hydroxylation is 1. The molecule has 1 amide bonds. The van der Waals surface area contributed by atoms with E-state index >= 15 is 0 Å². The number of nitrogens with one attached hydrogen (secondary N) is 1. The highest BCUT2D eigenvalue weighted by Crippen LogP contribution is 2.31. The smallest absolute Gasteiger partial charge is 0.286 e. The molecule has 0 bridgehead atoms. The lowest BCUT2D eigenvalue weighted by molar-refractivity contribution is 0.102. The molecule has 0 spiro atoms. The number of nitrogens with zero attached hydrogens (tertiary/aromatic N) is 3. The van der Waals surface area contributed by atoms with E-state index in [0.29, 0.717) is 35.4 Å². The molecule has 1 aliphatic rings. The zero-order chi connectivity index (χ0) is 21.1. The SMILES string of the molecule is CCc1ccc(NC(=O)c2nnc(CN(Cc3ccc(F)cc3F)C3CC3)s2)cc1. The Balaban J connectivity index is 1.41. The minimum atomic E-state index is -0.585. The molecular weight excluding hydrogens is 406 g/mol. The molecule has 1 aromatic heterocycles. The average Bonchev–Trinajstić information content (AvgIpc) is 3.48. The van der Waals surface area contributed by atoms with Gasteiger partial charge in [0.15, 0.2) is 0 Å². The van der Waals surface area contributed by atoms with Gasteiger partial charge in [-0.15, -0.1) is 10.2 Å². The van der Waals surface area contributed by atoms with Crippen molar-refractivity contribution in [2.24, 2.45) is 0 Å². The first-order valence-corrected chi connectivity index (χ1v) is 10.7. The number of carbonyl (C=O) groups is 1. The number of rotatable bonds is 8. The largest absolute Gasteiger partial charge is 0.320 e. The van der Waals surface area contributed by atoms with E-state index in [1.165, 1.54) is 29.0 Å². The molecule has 4 rings (SSSR count). The minimum absolute atomic E-state index is 0.285. The fraction of sp³-hybridized carbons (Fsp3) is 0.318. The van der Waals surface area contributed by atoms with Crippen LogP contribution < -0.4 is 5.32 Å². The van der Waals surface area contributed by atoms with Crippen LogP contribution in [-0.4, -0.2) is 27.0 Å². The van der Waals surface area contributed by atoms with E-state index in [1.807, 2.05) is 24.3 Å². The second-order valence-corrected chi connectivity index (χ2v) is 8.44. The second kappa shape index (κ2) is 8.97. The standard InChI is InChI=1S/C22H22F2N4OS/c1-2-14-3-7-17(8-4-14)25-21(29)22-27-26-20(30-22)13-28(18-9-10-18)12-15-5-6-16(23)11-19(15)24/h3-8,11,18H,2,9-10,12-13H2,1H3,(H,25,29). The molecule has 1 fully saturated rings. The van der Waals surface area contributed by atoms with Crippen molar-refractivity contribution in [2.45, 2.75) is 45.3 Å². The summed E-state index contributed by atoms with van der Waals surface area (Å²) in [6.45, 7) is 2.91. The molecule has 3 aromatic rings. The van der Waals surface area contributed by atoms with E-state index < -0.39 is 11.6 Å². The number of amides is 1. The van der Waals surface area contributed by atoms with Crippen LogP contribution in [0.3, 0.4) is 0 Å². The predicted molar refractivity (Wildman–Crippen MR) is 112 cm³/mol. The van der Waals surface area contributed by atoms with Crippen molar-refractivity contribution < 1.29 is 13.6 Å². The van der Waals surface area contributed by atoms with Gasteiger partial charge in [0, 0.05) is 29.9 Å². The van der Waals surface area contributed by atoms with E-state index in [-0.39, 0.29) is 10.9 Å². The quantitative estimate of drug-likeness (QED) is 0.560. The summed E-state index contributed by atoms with van der Waals surface area (Å²) >= 11 is 1.23. The molecule has 5 nitrogen and oxygen atoms in total. The number of benzene rings is 2. The van der Waals surface area contributed by atoms with Gasteiger partial charge < -0.3 is 5.32 Å². The molecule has 8 heteroatoms. The lowest BCUT2D eigenvalue weighted by atomic mass is 10.1. The molecule has 1 N–H and O–H groups in total. The Hall–Kier alpha value is -2.71. The highest BCUT2D eigenvalue weighted by atomic mass is 32.1. The van der Waals surface area contributed by atoms with Crippen molar-refractivity contribution in [3.8, 4) is 0 Å². The molecule has 1 aliphatic carbocycles. The molecule has 0 atom stereocenters. The van der Waals surface area contributed by atoms with Crippen molar-refractivity contribution in [3.05, 3.63) is 75.2 Å². The van der Waals surface area contributed by atoms with Crippen LogP contribution in [0, 0.1) is 11.6 Å². The van der Waals surface area contributed by atoms with Crippen LogP contribution in [0.15, 0.2) is 42.5 Å². The van der Waals surface area contributed by atoms with Crippen molar-refractivity contribution in [1.82, 2.24) is 15.1 Å². The summed E-state index contributed by atoms with van der Waals surface area (Å²) in [5.74, 6) is -1.43. The van der Waals surface area contributed by atoms with Crippen LogP contribution in [0.4, 0.5) is 14.5 Å². The zero-order valence-corrected chi connectivity index (χ0v) is 17.4. The van der Waals surface area contributed by atoms with Crippen molar-refractivity contribution in [2.75, 3.05) is 5.32 Å². The fourth-order valence-corrected chi connectivity index (χ4v) is 3.97. The number of halogens is 2. The minimum Gasteiger partial charge on any atom is -0.320 e. The summed E-state index contributed by atoms with van der Waals surface area (Å²) in [5, 5.41) is 12.0. The van der Waals surface area contributed by atoms with Gasteiger partial charge in [-0.05, 0) is 43.0 Å². The zero-order valence-electron chi connectivity index (χ0n) is 16.6. The molecule has 156 valence electrons. The normalized spacial score (nSPS) is 13.6. The first-order chi connectivity index (χ1) is 14.5. The topological polar surface area (TPSA) is 58.1 Å². The summed E-state index contributed by atoms with van der Waals surface area (Å²) in [7, 11) is 0. The molecule has 0 radical (unpaired) electrons. The summed E-state index contributed by atoms with van der Waals surface area (Å²) < 4.78 is 27.2. The third-order valence-electron chi connectivity index (χ3n) is 5.07. The van der Waals surface area contributed by atoms with E-state index in [1.54, 1.807) is 0 Å². The number of hydrogen-bond acceptors (Lipinski definition) is 5. The fourth-order valence-electron chi connectivity index (χ4n) is 3.21. The van der Waals surface area contributed by atoms with Crippen LogP contribution in [0.5, 0.6) is 0 Å². The third-order valence-corrected chi connectivity index (χ3v) is 5.98. The summed E-state index contributed by atoms with van der Waals surface area (Å²) in [4.78, 5) is 14.6. The van der Waals surface area contributed by atoms with Crippen LogP contribution in [-0.2, 0) is 19.5 Å². The summed E-state index contributed by atoms with van der Waals surface area (Å²) in [6.07, 6.45) is 3.00. The number of carbonyl (C=O) groups excluding carboxylic acids is 1. The van der Waals surface area contributed by atoms with Gasteiger partial charge >= 0.3 is 0 Å². The van der Waals surface area contributed by atoms with Crippen LogP contribution in [0.2, 0.25) is 0 Å². The molecule has 0 unspecified atom stereocenters. The number of aromatic nitrogens is 2. The van der Waals surface area contributed by atoms with E-state index in [9.17, 15) is 13.6 Å². The predicted octanol–water partition coefficient (Wildman–Crippen LogP) is 4.80. The molecule has 30 heavy (non-hydrogen) atoms. The van der Waals surface area contributed by atoms with Gasteiger partial charge in [0.25, 0.3) is 5.91 Å². The Bertz CT molecular complexity index is 1030. The Morgan fingerprint density at radius 1 is 1.13 bits per heavy atom. The average molecular weight is 429 g/mol. The molecule has 0 aliphatic heterocycles. The van der Waals surface area contributed by atoms with Crippen molar-refractivity contribution in [1.29, 1.82) is 0 Å². The van der Waals surface area contributed by atoms with Crippen LogP contribution >= 0.6 is 11.3 Å². The molecule has 1 saturated carbocycles. The maximum Gasteiger partial charge on any atom is 0.286 e. The van der Waals surface area contributed by atoms with Crippen molar-refractivity contribution in [3.63, 3.8) is 0 Å². The van der Waals surface area contributed by atoms with Gasteiger partial charge in [-0.25, -0.2) is 8.78 Å². The van der Waals surface area contributed by atoms with Gasteiger partial charge in [0.1, 0.15) is 16.6 Å². The summed E-state index contributed by atoms with van der Waals surface area (Å²) in [5.41, 5.74) is 2.35. The van der Waals surface area contributed by atoms with Gasteiger partial charge in [-0.1, -0.05) is 36.5 Å². The van der Waals surface area contributed by atoms with E-state index in [2.05, 4.69) is 27.3 Å². The van der Waals surface area contributed by atoms with E-state index in [4.69, 9.17) is 0 Å². The van der Waals surface area contributed by atoms with Gasteiger partial charge in [0.05, 0.1) is 6.54 Å². The number of anilines is 1. The Morgan fingerprint density at radius 3 is 2.57 bits per heavy atom. The maximum absolute atomic E-state index is 14.1. The molecular formula is C22H22F2N4OS. The Morgan fingerprint density at radius 2 is 1.90 bits per heavy atom. The lowest BCUT2D eigenvalue weighted by Gasteiger charge is -2.20. The van der Waals surface area contributed by atoms with E-state index in [0.717, 1.165) is 25.3 Å². The monoisotopic (exact) mass is 428 g/mol. The highest BCUT2D eigenvalue weighted by Gasteiger charge is 2.30. The van der Waals surface area contributed by atoms with Crippen LogP contribution in [0.1, 0.15) is 45.7 Å². The highest BCUT2D eigenvalue weighted by molar-refractivity contribution is 7.13. The first kappa shape index (κ1) is 20.6. The van der Waals surface area contributed by atoms with Crippen LogP contribution in [0.25, 0.3) is 0 Å². The lowest BCUT2D eigenvalue weighted by Crippen LogP contribution is -2.25. The molecule has 1 heterocycles. The Kier molecular flexibility index (Phi) is 6.15. The maximum atomic E-state index is 14.1. The third kappa shape index (κ3) is 5.06.